The summed E-state index contributed by atoms with van der Waals surface area (Å²) in [4.78, 5) is 12.6. The molecule has 1 aromatic rings. The highest BCUT2D eigenvalue weighted by Gasteiger charge is 2.31. The minimum absolute atomic E-state index is 0.0343. The number of rotatable bonds is 23. The van der Waals surface area contributed by atoms with Gasteiger partial charge in [-0.05, 0) is 50.5 Å². The molecule has 0 radical (unpaired) electrons. The standard InChI is InChI=1S/C30H51FNO5P/c1-4-7-8-9-10-11-12-13-14-15-16-17-18-19-30(34)32-27(24-26-20-22-28(33)23-21-26)25-29(31)38(35,36-5-2)37-6-3/h20-23,25,27,33H,4-19,24H2,1-3H3,(H,32,34)/b29-25+/t27-/m1/s1. The van der Waals surface area contributed by atoms with Crippen LogP contribution in [0.3, 0.4) is 0 Å². The second kappa shape index (κ2) is 21.2. The predicted octanol–water partition coefficient (Wildman–Crippen LogP) is 8.98. The monoisotopic (exact) mass is 555 g/mol. The molecule has 0 aliphatic heterocycles. The number of amides is 1. The van der Waals surface area contributed by atoms with E-state index in [1.165, 1.54) is 76.3 Å². The molecule has 0 aromatic heterocycles. The van der Waals surface area contributed by atoms with Gasteiger partial charge in [-0.15, -0.1) is 0 Å². The van der Waals surface area contributed by atoms with Gasteiger partial charge in [-0.3, -0.25) is 9.36 Å². The van der Waals surface area contributed by atoms with E-state index in [0.717, 1.165) is 30.9 Å². The van der Waals surface area contributed by atoms with Crippen molar-refractivity contribution in [3.8, 4) is 5.75 Å². The van der Waals surface area contributed by atoms with Crippen LogP contribution in [0.1, 0.15) is 116 Å². The number of unbranched alkanes of at least 4 members (excludes halogenated alkanes) is 12. The van der Waals surface area contributed by atoms with Crippen molar-refractivity contribution in [1.82, 2.24) is 5.32 Å². The Morgan fingerprint density at radius 2 is 1.34 bits per heavy atom. The zero-order chi connectivity index (χ0) is 28.1. The number of halogens is 1. The third kappa shape index (κ3) is 15.7. The Morgan fingerprint density at radius 3 is 1.82 bits per heavy atom. The molecule has 0 aliphatic rings. The summed E-state index contributed by atoms with van der Waals surface area (Å²) in [5.41, 5.74) is -0.216. The van der Waals surface area contributed by atoms with E-state index in [1.807, 2.05) is 0 Å². The summed E-state index contributed by atoms with van der Waals surface area (Å²) < 4.78 is 38.0. The van der Waals surface area contributed by atoms with E-state index in [2.05, 4.69) is 12.2 Å². The van der Waals surface area contributed by atoms with Crippen molar-refractivity contribution in [1.29, 1.82) is 0 Å². The van der Waals surface area contributed by atoms with E-state index >= 15 is 4.39 Å². The van der Waals surface area contributed by atoms with Gasteiger partial charge in [0, 0.05) is 6.42 Å². The summed E-state index contributed by atoms with van der Waals surface area (Å²) in [6.07, 6.45) is 17.8. The third-order valence-electron chi connectivity index (χ3n) is 6.44. The van der Waals surface area contributed by atoms with Crippen LogP contribution in [0.15, 0.2) is 35.9 Å². The van der Waals surface area contributed by atoms with Crippen molar-refractivity contribution in [2.75, 3.05) is 13.2 Å². The zero-order valence-corrected chi connectivity index (χ0v) is 24.8. The van der Waals surface area contributed by atoms with Crippen molar-refractivity contribution >= 4 is 13.5 Å². The molecule has 1 rings (SSSR count). The first-order valence-electron chi connectivity index (χ1n) is 14.7. The van der Waals surface area contributed by atoms with Gasteiger partial charge >= 0.3 is 7.60 Å². The van der Waals surface area contributed by atoms with Crippen molar-refractivity contribution < 1.29 is 27.9 Å². The molecule has 1 amide bonds. The normalized spacial score (nSPS) is 13.0. The van der Waals surface area contributed by atoms with Crippen molar-refractivity contribution in [2.45, 2.75) is 123 Å². The number of phenolic OH excluding ortho intramolecular Hbond substituents is 1. The Morgan fingerprint density at radius 1 is 0.868 bits per heavy atom. The van der Waals surface area contributed by atoms with Crippen LogP contribution in [-0.2, 0) is 24.8 Å². The molecule has 0 aliphatic carbocycles. The lowest BCUT2D eigenvalue weighted by molar-refractivity contribution is -0.121. The lowest BCUT2D eigenvalue weighted by Gasteiger charge is -2.19. The Bertz CT molecular complexity index is 820. The van der Waals surface area contributed by atoms with Gasteiger partial charge in [-0.2, -0.15) is 4.39 Å². The average molecular weight is 556 g/mol. The van der Waals surface area contributed by atoms with Crippen LogP contribution in [0.25, 0.3) is 0 Å². The lowest BCUT2D eigenvalue weighted by atomic mass is 10.0. The van der Waals surface area contributed by atoms with Gasteiger partial charge in [0.25, 0.3) is 0 Å². The quantitative estimate of drug-likeness (QED) is 0.104. The van der Waals surface area contributed by atoms with Crippen molar-refractivity contribution in [3.63, 3.8) is 0 Å². The topological polar surface area (TPSA) is 84.9 Å². The summed E-state index contributed by atoms with van der Waals surface area (Å²) in [6, 6.07) is 5.75. The number of nitrogens with one attached hydrogen (secondary N) is 1. The number of hydrogen-bond donors (Lipinski definition) is 2. The van der Waals surface area contributed by atoms with Gasteiger partial charge in [0.1, 0.15) is 5.75 Å². The fraction of sp³-hybridized carbons (Fsp3) is 0.700. The smallest absolute Gasteiger partial charge is 0.389 e. The third-order valence-corrected chi connectivity index (χ3v) is 8.31. The minimum Gasteiger partial charge on any atom is -0.508 e. The van der Waals surface area contributed by atoms with E-state index in [4.69, 9.17) is 9.05 Å². The molecule has 0 spiro atoms. The minimum atomic E-state index is -4.07. The average Bonchev–Trinajstić information content (AvgIpc) is 2.88. The number of phenols is 1. The summed E-state index contributed by atoms with van der Waals surface area (Å²) in [6.45, 7) is 5.55. The number of hydrogen-bond acceptors (Lipinski definition) is 5. The molecule has 0 unspecified atom stereocenters. The first-order chi connectivity index (χ1) is 18.3. The van der Waals surface area contributed by atoms with Crippen LogP contribution < -0.4 is 5.32 Å². The highest BCUT2D eigenvalue weighted by atomic mass is 31.2. The number of carbonyl (C=O) groups excluding carboxylic acids is 1. The summed E-state index contributed by atoms with van der Waals surface area (Å²) in [7, 11) is -4.07. The molecular weight excluding hydrogens is 504 g/mol. The van der Waals surface area contributed by atoms with E-state index in [9.17, 15) is 14.5 Å². The molecule has 0 saturated carbocycles. The number of carbonyl (C=O) groups is 1. The summed E-state index contributed by atoms with van der Waals surface area (Å²) >= 11 is 0. The Hall–Kier alpha value is -1.69. The summed E-state index contributed by atoms with van der Waals surface area (Å²) in [5, 5.41) is 12.4. The molecule has 1 aromatic carbocycles. The van der Waals surface area contributed by atoms with Crippen LogP contribution in [0.4, 0.5) is 4.39 Å². The van der Waals surface area contributed by atoms with Crippen LogP contribution in [0.2, 0.25) is 0 Å². The SMILES string of the molecule is CCCCCCCCCCCCCCCC(=O)N[C@@H](/C=C(\F)P(=O)(OCC)OCC)Cc1ccc(O)cc1. The number of benzene rings is 1. The first-order valence-corrected chi connectivity index (χ1v) is 16.2. The maximum atomic E-state index is 15.0. The van der Waals surface area contributed by atoms with E-state index in [1.54, 1.807) is 26.0 Å². The van der Waals surface area contributed by atoms with Gasteiger partial charge in [0.2, 0.25) is 11.5 Å². The highest BCUT2D eigenvalue weighted by molar-refractivity contribution is 7.58. The van der Waals surface area contributed by atoms with Gasteiger partial charge in [-0.1, -0.05) is 96.1 Å². The molecule has 0 saturated heterocycles. The summed E-state index contributed by atoms with van der Waals surface area (Å²) in [5.74, 6) is -0.0563. The van der Waals surface area contributed by atoms with E-state index in [0.29, 0.717) is 6.42 Å². The lowest BCUT2D eigenvalue weighted by Crippen LogP contribution is -2.35. The van der Waals surface area contributed by atoms with Gasteiger partial charge in [0.15, 0.2) is 0 Å². The fourth-order valence-corrected chi connectivity index (χ4v) is 5.74. The van der Waals surface area contributed by atoms with Gasteiger partial charge in [0.05, 0.1) is 19.3 Å². The molecule has 0 bridgehead atoms. The highest BCUT2D eigenvalue weighted by Crippen LogP contribution is 2.56. The van der Waals surface area contributed by atoms with E-state index < -0.39 is 19.2 Å². The Labute approximate surface area is 230 Å². The van der Waals surface area contributed by atoms with Crippen LogP contribution in [0.5, 0.6) is 5.75 Å². The van der Waals surface area contributed by atoms with Crippen LogP contribution >= 0.6 is 7.60 Å². The molecule has 38 heavy (non-hydrogen) atoms. The fourth-order valence-electron chi connectivity index (χ4n) is 4.38. The molecule has 1 atom stereocenters. The molecule has 0 heterocycles. The van der Waals surface area contributed by atoms with Crippen LogP contribution in [-0.4, -0.2) is 30.3 Å². The first kappa shape index (κ1) is 34.3. The molecule has 2 N–H and O–H groups in total. The largest absolute Gasteiger partial charge is 0.508 e. The number of aromatic hydroxyl groups is 1. The Kier molecular flexibility index (Phi) is 19.1. The molecule has 8 heteroatoms. The molecular formula is C30H51FNO5P. The predicted molar refractivity (Wildman–Crippen MR) is 154 cm³/mol. The van der Waals surface area contributed by atoms with Crippen molar-refractivity contribution in [2.24, 2.45) is 0 Å². The molecule has 6 nitrogen and oxygen atoms in total. The van der Waals surface area contributed by atoms with E-state index in [-0.39, 0.29) is 31.3 Å². The zero-order valence-electron chi connectivity index (χ0n) is 23.9. The van der Waals surface area contributed by atoms with Crippen LogP contribution in [0, 0.1) is 0 Å². The van der Waals surface area contributed by atoms with Gasteiger partial charge in [-0.25, -0.2) is 0 Å². The second-order valence-electron chi connectivity index (χ2n) is 9.86. The molecule has 218 valence electrons. The van der Waals surface area contributed by atoms with Crippen molar-refractivity contribution in [3.05, 3.63) is 41.5 Å². The second-order valence-corrected chi connectivity index (χ2v) is 11.8. The maximum Gasteiger partial charge on any atom is 0.389 e. The maximum absolute atomic E-state index is 15.0. The molecule has 0 fully saturated rings. The Balaban J connectivity index is 2.49. The van der Waals surface area contributed by atoms with Gasteiger partial charge < -0.3 is 19.5 Å².